The SMILES string of the molecule is CSc1cccc(N2CCN(C(C)C)CC2)c1CN. The van der Waals surface area contributed by atoms with Crippen LogP contribution in [0.4, 0.5) is 5.69 Å². The molecule has 0 saturated carbocycles. The Bertz CT molecular complexity index is 412. The zero-order valence-corrected chi connectivity index (χ0v) is 13.0. The molecule has 0 aliphatic carbocycles. The van der Waals surface area contributed by atoms with Crippen LogP contribution >= 0.6 is 11.8 Å². The number of rotatable bonds is 4. The normalized spacial score (nSPS) is 17.2. The second kappa shape index (κ2) is 6.64. The topological polar surface area (TPSA) is 32.5 Å². The summed E-state index contributed by atoms with van der Waals surface area (Å²) in [6.45, 7) is 9.66. The van der Waals surface area contributed by atoms with E-state index >= 15 is 0 Å². The number of hydrogen-bond donors (Lipinski definition) is 1. The van der Waals surface area contributed by atoms with Gasteiger partial charge < -0.3 is 10.6 Å². The van der Waals surface area contributed by atoms with E-state index in [1.54, 1.807) is 11.8 Å². The molecular formula is C15H25N3S. The standard InChI is InChI=1S/C15H25N3S/c1-12(2)17-7-9-18(10-8-17)14-5-4-6-15(19-3)13(14)11-16/h4-6,12H,7-11,16H2,1-3H3. The van der Waals surface area contributed by atoms with E-state index in [2.05, 4.69) is 48.1 Å². The van der Waals surface area contributed by atoms with Crippen molar-refractivity contribution in [1.29, 1.82) is 0 Å². The van der Waals surface area contributed by atoms with Gasteiger partial charge in [0.25, 0.3) is 0 Å². The lowest BCUT2D eigenvalue weighted by molar-refractivity contribution is 0.209. The van der Waals surface area contributed by atoms with Crippen LogP contribution in [0.3, 0.4) is 0 Å². The molecule has 106 valence electrons. The minimum Gasteiger partial charge on any atom is -0.369 e. The minimum absolute atomic E-state index is 0.622. The van der Waals surface area contributed by atoms with Crippen molar-refractivity contribution in [1.82, 2.24) is 4.90 Å². The summed E-state index contributed by atoms with van der Waals surface area (Å²) < 4.78 is 0. The molecule has 0 bridgehead atoms. The first-order valence-electron chi connectivity index (χ1n) is 7.02. The number of anilines is 1. The fourth-order valence-electron chi connectivity index (χ4n) is 2.73. The highest BCUT2D eigenvalue weighted by Gasteiger charge is 2.21. The van der Waals surface area contributed by atoms with Crippen LogP contribution in [0.2, 0.25) is 0 Å². The van der Waals surface area contributed by atoms with Crippen LogP contribution in [0.1, 0.15) is 19.4 Å². The van der Waals surface area contributed by atoms with E-state index in [4.69, 9.17) is 5.73 Å². The number of thioether (sulfide) groups is 1. The third-order valence-electron chi connectivity index (χ3n) is 3.92. The molecule has 19 heavy (non-hydrogen) atoms. The van der Waals surface area contributed by atoms with Gasteiger partial charge in [-0.2, -0.15) is 0 Å². The second-order valence-corrected chi connectivity index (χ2v) is 6.13. The lowest BCUT2D eigenvalue weighted by Crippen LogP contribution is -2.49. The maximum absolute atomic E-state index is 5.96. The summed E-state index contributed by atoms with van der Waals surface area (Å²) >= 11 is 1.79. The number of benzene rings is 1. The van der Waals surface area contributed by atoms with Gasteiger partial charge in [0.05, 0.1) is 0 Å². The van der Waals surface area contributed by atoms with Gasteiger partial charge in [0.15, 0.2) is 0 Å². The Hall–Kier alpha value is -0.710. The van der Waals surface area contributed by atoms with Gasteiger partial charge in [0.2, 0.25) is 0 Å². The Morgan fingerprint density at radius 3 is 2.42 bits per heavy atom. The summed E-state index contributed by atoms with van der Waals surface area (Å²) in [7, 11) is 0. The van der Waals surface area contributed by atoms with Gasteiger partial charge in [-0.05, 0) is 32.2 Å². The molecule has 3 nitrogen and oxygen atoms in total. The molecule has 1 aromatic rings. The van der Waals surface area contributed by atoms with Crippen LogP contribution in [-0.4, -0.2) is 43.4 Å². The predicted octanol–water partition coefficient (Wildman–Crippen LogP) is 2.40. The van der Waals surface area contributed by atoms with E-state index in [0.29, 0.717) is 12.6 Å². The van der Waals surface area contributed by atoms with E-state index in [1.807, 2.05) is 0 Å². The Kier molecular flexibility index (Phi) is 5.13. The quantitative estimate of drug-likeness (QED) is 0.858. The summed E-state index contributed by atoms with van der Waals surface area (Å²) in [5, 5.41) is 0. The molecule has 1 saturated heterocycles. The lowest BCUT2D eigenvalue weighted by atomic mass is 10.1. The molecule has 1 aliphatic rings. The van der Waals surface area contributed by atoms with Crippen molar-refractivity contribution in [2.75, 3.05) is 37.3 Å². The second-order valence-electron chi connectivity index (χ2n) is 5.28. The summed E-state index contributed by atoms with van der Waals surface area (Å²) in [4.78, 5) is 6.34. The molecule has 1 aliphatic heterocycles. The summed E-state index contributed by atoms with van der Waals surface area (Å²) in [5.41, 5.74) is 8.59. The van der Waals surface area contributed by atoms with Crippen molar-refractivity contribution in [3.8, 4) is 0 Å². The smallest absolute Gasteiger partial charge is 0.0423 e. The zero-order chi connectivity index (χ0) is 13.8. The van der Waals surface area contributed by atoms with Crippen LogP contribution in [0.5, 0.6) is 0 Å². The summed E-state index contributed by atoms with van der Waals surface area (Å²) in [6, 6.07) is 7.18. The van der Waals surface area contributed by atoms with Crippen LogP contribution in [-0.2, 0) is 6.54 Å². The van der Waals surface area contributed by atoms with Crippen molar-refractivity contribution in [3.63, 3.8) is 0 Å². The van der Waals surface area contributed by atoms with Gasteiger partial charge in [-0.1, -0.05) is 6.07 Å². The molecule has 1 aromatic carbocycles. The molecule has 0 radical (unpaired) electrons. The summed E-state index contributed by atoms with van der Waals surface area (Å²) in [5.74, 6) is 0. The van der Waals surface area contributed by atoms with Gasteiger partial charge in [-0.15, -0.1) is 11.8 Å². The Balaban J connectivity index is 2.15. The van der Waals surface area contributed by atoms with Gasteiger partial charge >= 0.3 is 0 Å². The Labute approximate surface area is 121 Å². The van der Waals surface area contributed by atoms with Gasteiger partial charge in [0, 0.05) is 54.9 Å². The van der Waals surface area contributed by atoms with Crippen molar-refractivity contribution >= 4 is 17.4 Å². The first-order chi connectivity index (χ1) is 9.17. The average molecular weight is 279 g/mol. The van der Waals surface area contributed by atoms with Crippen LogP contribution in [0.15, 0.2) is 23.1 Å². The fraction of sp³-hybridized carbons (Fsp3) is 0.600. The third-order valence-corrected chi connectivity index (χ3v) is 4.74. The predicted molar refractivity (Wildman–Crippen MR) is 85.0 cm³/mol. The van der Waals surface area contributed by atoms with E-state index in [9.17, 15) is 0 Å². The van der Waals surface area contributed by atoms with E-state index in [1.165, 1.54) is 16.1 Å². The van der Waals surface area contributed by atoms with Gasteiger partial charge in [0.1, 0.15) is 0 Å². The molecule has 0 unspecified atom stereocenters. The largest absolute Gasteiger partial charge is 0.369 e. The molecule has 4 heteroatoms. The third kappa shape index (κ3) is 3.25. The molecule has 1 heterocycles. The number of hydrogen-bond acceptors (Lipinski definition) is 4. The molecular weight excluding hydrogens is 254 g/mol. The maximum atomic E-state index is 5.96. The maximum Gasteiger partial charge on any atom is 0.0423 e. The summed E-state index contributed by atoms with van der Waals surface area (Å²) in [6.07, 6.45) is 2.12. The van der Waals surface area contributed by atoms with Crippen molar-refractivity contribution in [2.45, 2.75) is 31.3 Å². The molecule has 2 rings (SSSR count). The van der Waals surface area contributed by atoms with Crippen molar-refractivity contribution < 1.29 is 0 Å². The van der Waals surface area contributed by atoms with E-state index in [0.717, 1.165) is 26.2 Å². The fourth-order valence-corrected chi connectivity index (χ4v) is 3.37. The Morgan fingerprint density at radius 1 is 1.21 bits per heavy atom. The van der Waals surface area contributed by atoms with E-state index in [-0.39, 0.29) is 0 Å². The molecule has 0 spiro atoms. The van der Waals surface area contributed by atoms with Crippen molar-refractivity contribution in [3.05, 3.63) is 23.8 Å². The van der Waals surface area contributed by atoms with Crippen LogP contribution < -0.4 is 10.6 Å². The number of nitrogens with two attached hydrogens (primary N) is 1. The average Bonchev–Trinajstić information content (AvgIpc) is 2.46. The van der Waals surface area contributed by atoms with E-state index < -0.39 is 0 Å². The highest BCUT2D eigenvalue weighted by atomic mass is 32.2. The zero-order valence-electron chi connectivity index (χ0n) is 12.2. The van der Waals surface area contributed by atoms with Crippen molar-refractivity contribution in [2.24, 2.45) is 5.73 Å². The minimum atomic E-state index is 0.622. The highest BCUT2D eigenvalue weighted by molar-refractivity contribution is 7.98. The molecule has 0 atom stereocenters. The molecule has 0 aromatic heterocycles. The Morgan fingerprint density at radius 2 is 1.89 bits per heavy atom. The molecule has 1 fully saturated rings. The van der Waals surface area contributed by atoms with Gasteiger partial charge in [-0.3, -0.25) is 4.90 Å². The monoisotopic (exact) mass is 279 g/mol. The van der Waals surface area contributed by atoms with Crippen LogP contribution in [0.25, 0.3) is 0 Å². The first kappa shape index (κ1) is 14.7. The lowest BCUT2D eigenvalue weighted by Gasteiger charge is -2.39. The van der Waals surface area contributed by atoms with Gasteiger partial charge in [-0.25, -0.2) is 0 Å². The first-order valence-corrected chi connectivity index (χ1v) is 8.24. The molecule has 2 N–H and O–H groups in total. The molecule has 0 amide bonds. The van der Waals surface area contributed by atoms with Crippen LogP contribution in [0, 0.1) is 0 Å². The highest BCUT2D eigenvalue weighted by Crippen LogP contribution is 2.30. The number of nitrogens with zero attached hydrogens (tertiary/aromatic N) is 2. The number of piperazine rings is 1.